The zero-order valence-electron chi connectivity index (χ0n) is 44.3. The van der Waals surface area contributed by atoms with Crippen molar-refractivity contribution in [3.63, 3.8) is 0 Å². The maximum Gasteiger partial charge on any atom is 0.0781 e. The first-order valence-electron chi connectivity index (χ1n) is 25.8. The molecule has 6 aromatic rings. The fourth-order valence-electron chi connectivity index (χ4n) is 9.06. The van der Waals surface area contributed by atoms with E-state index in [0.29, 0.717) is 0 Å². The van der Waals surface area contributed by atoms with E-state index in [-0.39, 0.29) is 10.8 Å². The molecule has 0 amide bonds. The zero-order valence-corrected chi connectivity index (χ0v) is 44.3. The van der Waals surface area contributed by atoms with E-state index in [0.717, 1.165) is 53.8 Å². The smallest absolute Gasteiger partial charge is 0.0781 e. The lowest BCUT2D eigenvalue weighted by Gasteiger charge is -2.20. The molecular formula is C66H82N2. The number of unbranched alkanes of at least 4 members (excludes halogenated alkanes) is 4. The van der Waals surface area contributed by atoms with Crippen LogP contribution in [0, 0.1) is 12.3 Å². The molecule has 356 valence electrons. The molecule has 2 heteroatoms. The van der Waals surface area contributed by atoms with Gasteiger partial charge in [0.2, 0.25) is 0 Å². The molecule has 1 N–H and O–H groups in total. The van der Waals surface area contributed by atoms with Crippen molar-refractivity contribution >= 4 is 55.5 Å². The standard InChI is InChI=1S/C66H82N2/c1-15-18-20-23-50-28-33-52(34-29-50)48(7)63(54-35-30-51(31-36-54)24-21-19-16-2)68-64-49(8)57(46(5)25-27-47(6)65(9,10)11)41-42-58(64)53(22-17-3)32-26-45(4)55-37-39-59-60-40-38-56(66(12,13)14)44-62(60)67-61(59)43-55/h25-44,67H,7,15-24H2,1-6,8-14H3/b45-26+,46-25+,47-27+,53-32+,68-63?. The Balaban J connectivity index is 1.51. The third-order valence-electron chi connectivity index (χ3n) is 14.1. The Bertz CT molecular complexity index is 2850. The maximum atomic E-state index is 5.84. The molecular weight excluding hydrogens is 821 g/mol. The van der Waals surface area contributed by atoms with Gasteiger partial charge in [-0.05, 0) is 138 Å². The van der Waals surface area contributed by atoms with E-state index in [4.69, 9.17) is 11.6 Å². The van der Waals surface area contributed by atoms with E-state index in [1.807, 2.05) is 0 Å². The number of allylic oxidation sites excluding steroid dienone is 9. The molecule has 6 rings (SSSR count). The van der Waals surface area contributed by atoms with Crippen LogP contribution in [0.3, 0.4) is 0 Å². The predicted molar refractivity (Wildman–Crippen MR) is 304 cm³/mol. The molecule has 0 saturated carbocycles. The second-order valence-electron chi connectivity index (χ2n) is 21.5. The fraction of sp³-hybridized carbons (Fsp3) is 0.379. The summed E-state index contributed by atoms with van der Waals surface area (Å²) in [4.78, 5) is 9.60. The second kappa shape index (κ2) is 23.0. The normalized spacial score (nSPS) is 13.6. The number of aromatic amines is 1. The SMILES string of the molecule is C=C(C(=Nc1c(/C(=C/C=C(\C)c2ccc3c(c2)[nH]c2cc(C(C)(C)C)ccc23)CCC)ccc(/C(C)=C/C=C(\C)C(C)(C)C)c1C)c1ccc(CCCCC)cc1)c1ccc(CCCCC)cc1. The molecule has 5 aromatic carbocycles. The van der Waals surface area contributed by atoms with Crippen LogP contribution in [-0.4, -0.2) is 10.7 Å². The van der Waals surface area contributed by atoms with Crippen LogP contribution >= 0.6 is 0 Å². The monoisotopic (exact) mass is 903 g/mol. The van der Waals surface area contributed by atoms with Crippen molar-refractivity contribution in [1.29, 1.82) is 0 Å². The van der Waals surface area contributed by atoms with Crippen LogP contribution in [0.15, 0.2) is 139 Å². The minimum Gasteiger partial charge on any atom is -0.354 e. The van der Waals surface area contributed by atoms with Crippen LogP contribution in [-0.2, 0) is 18.3 Å². The lowest BCUT2D eigenvalue weighted by Crippen LogP contribution is -2.10. The first-order chi connectivity index (χ1) is 32.4. The first kappa shape index (κ1) is 51.7. The summed E-state index contributed by atoms with van der Waals surface area (Å²) in [6, 6.07) is 36.6. The van der Waals surface area contributed by atoms with Gasteiger partial charge in [-0.1, -0.05) is 216 Å². The van der Waals surface area contributed by atoms with Gasteiger partial charge >= 0.3 is 0 Å². The number of hydrogen-bond donors (Lipinski definition) is 1. The fourth-order valence-corrected chi connectivity index (χ4v) is 9.06. The Kier molecular flexibility index (Phi) is 17.5. The number of aryl methyl sites for hydroxylation is 2. The highest BCUT2D eigenvalue weighted by Gasteiger charge is 2.20. The molecule has 68 heavy (non-hydrogen) atoms. The molecule has 1 aromatic heterocycles. The van der Waals surface area contributed by atoms with Crippen molar-refractivity contribution in [2.24, 2.45) is 10.4 Å². The topological polar surface area (TPSA) is 28.1 Å². The number of nitrogens with one attached hydrogen (secondary N) is 1. The number of nitrogens with zero attached hydrogens (tertiary/aromatic N) is 1. The Morgan fingerprint density at radius 3 is 1.69 bits per heavy atom. The predicted octanol–water partition coefficient (Wildman–Crippen LogP) is 19.9. The summed E-state index contributed by atoms with van der Waals surface area (Å²) in [7, 11) is 0. The molecule has 2 nitrogen and oxygen atoms in total. The van der Waals surface area contributed by atoms with Crippen LogP contribution in [0.25, 0.3) is 44.1 Å². The molecule has 1 heterocycles. The van der Waals surface area contributed by atoms with Gasteiger partial charge in [0.1, 0.15) is 0 Å². The molecule has 0 aliphatic rings. The van der Waals surface area contributed by atoms with Crippen molar-refractivity contribution in [2.75, 3.05) is 0 Å². The number of hydrogen-bond acceptors (Lipinski definition) is 1. The highest BCUT2D eigenvalue weighted by atomic mass is 14.8. The van der Waals surface area contributed by atoms with Crippen LogP contribution in [0.2, 0.25) is 0 Å². The molecule has 0 spiro atoms. The van der Waals surface area contributed by atoms with Crippen LogP contribution in [0.4, 0.5) is 5.69 Å². The Morgan fingerprint density at radius 1 is 0.574 bits per heavy atom. The average Bonchev–Trinajstić information content (AvgIpc) is 3.69. The number of H-pyrrole nitrogens is 1. The highest BCUT2D eigenvalue weighted by molar-refractivity contribution is 6.32. The van der Waals surface area contributed by atoms with Crippen LogP contribution < -0.4 is 0 Å². The lowest BCUT2D eigenvalue weighted by atomic mass is 9.86. The van der Waals surface area contributed by atoms with Crippen molar-refractivity contribution in [3.05, 3.63) is 184 Å². The minimum absolute atomic E-state index is 0.0923. The molecule has 0 fully saturated rings. The summed E-state index contributed by atoms with van der Waals surface area (Å²) in [6.07, 6.45) is 20.7. The van der Waals surface area contributed by atoms with Crippen molar-refractivity contribution in [2.45, 2.75) is 160 Å². The Labute approximate surface area is 412 Å². The Hall–Kier alpha value is -5.73. The molecule has 0 aliphatic heterocycles. The molecule has 0 radical (unpaired) electrons. The van der Waals surface area contributed by atoms with Gasteiger partial charge in [-0.25, -0.2) is 4.99 Å². The van der Waals surface area contributed by atoms with E-state index < -0.39 is 0 Å². The summed E-state index contributed by atoms with van der Waals surface area (Å²) in [5, 5.41) is 2.53. The summed E-state index contributed by atoms with van der Waals surface area (Å²) < 4.78 is 0. The quantitative estimate of drug-likeness (QED) is 0.0477. The van der Waals surface area contributed by atoms with Crippen molar-refractivity contribution < 1.29 is 0 Å². The van der Waals surface area contributed by atoms with Gasteiger partial charge in [0.25, 0.3) is 0 Å². The average molecular weight is 903 g/mol. The zero-order chi connectivity index (χ0) is 49.2. The number of rotatable bonds is 19. The van der Waals surface area contributed by atoms with Gasteiger partial charge < -0.3 is 4.98 Å². The summed E-state index contributed by atoms with van der Waals surface area (Å²) in [5.41, 5.74) is 21.5. The number of aliphatic imine (C=N–C) groups is 1. The second-order valence-corrected chi connectivity index (χ2v) is 21.5. The van der Waals surface area contributed by atoms with Gasteiger partial charge in [0.05, 0.1) is 11.4 Å². The highest BCUT2D eigenvalue weighted by Crippen LogP contribution is 2.39. The van der Waals surface area contributed by atoms with Crippen molar-refractivity contribution in [1.82, 2.24) is 4.98 Å². The summed E-state index contributed by atoms with van der Waals surface area (Å²) in [6.45, 7) is 34.3. The van der Waals surface area contributed by atoms with Gasteiger partial charge in [0, 0.05) is 38.5 Å². The van der Waals surface area contributed by atoms with E-state index in [1.54, 1.807) is 0 Å². The van der Waals surface area contributed by atoms with Gasteiger partial charge in [-0.3, -0.25) is 0 Å². The van der Waals surface area contributed by atoms with Crippen molar-refractivity contribution in [3.8, 4) is 0 Å². The minimum atomic E-state index is 0.0923. The summed E-state index contributed by atoms with van der Waals surface area (Å²) >= 11 is 0. The van der Waals surface area contributed by atoms with Crippen LogP contribution in [0.1, 0.15) is 185 Å². The van der Waals surface area contributed by atoms with Gasteiger partial charge in [-0.15, -0.1) is 0 Å². The largest absolute Gasteiger partial charge is 0.354 e. The number of fused-ring (bicyclic) bond motifs is 3. The molecule has 0 atom stereocenters. The van der Waals surface area contributed by atoms with E-state index in [1.165, 1.54) is 122 Å². The lowest BCUT2D eigenvalue weighted by molar-refractivity contribution is 0.504. The number of aromatic nitrogens is 1. The maximum absolute atomic E-state index is 5.84. The molecule has 0 unspecified atom stereocenters. The van der Waals surface area contributed by atoms with E-state index >= 15 is 0 Å². The van der Waals surface area contributed by atoms with E-state index in [2.05, 4.69) is 216 Å². The van der Waals surface area contributed by atoms with Gasteiger partial charge in [0.15, 0.2) is 0 Å². The first-order valence-corrected chi connectivity index (χ1v) is 25.8. The molecule has 0 saturated heterocycles. The number of benzene rings is 5. The summed E-state index contributed by atoms with van der Waals surface area (Å²) in [5.74, 6) is 0. The van der Waals surface area contributed by atoms with E-state index in [9.17, 15) is 0 Å². The molecule has 0 bridgehead atoms. The third kappa shape index (κ3) is 12.9. The van der Waals surface area contributed by atoms with Crippen LogP contribution in [0.5, 0.6) is 0 Å². The third-order valence-corrected chi connectivity index (χ3v) is 14.1. The van der Waals surface area contributed by atoms with Gasteiger partial charge in [-0.2, -0.15) is 0 Å². The molecule has 0 aliphatic carbocycles. The Morgan fingerprint density at radius 2 is 1.12 bits per heavy atom.